The first kappa shape index (κ1) is 16.4. The van der Waals surface area contributed by atoms with Crippen molar-refractivity contribution in [3.8, 4) is 0 Å². The number of nitrogens with zero attached hydrogens (tertiary/aromatic N) is 1. The molecule has 0 spiro atoms. The highest BCUT2D eigenvalue weighted by molar-refractivity contribution is 6.09. The maximum atomic E-state index is 13.6. The number of carbonyl (C=O) groups excluding carboxylic acids is 2. The molecule has 1 aliphatic heterocycles. The number of amides is 2. The molecule has 1 fully saturated rings. The third-order valence-electron chi connectivity index (χ3n) is 3.60. The Morgan fingerprint density at radius 1 is 1.18 bits per heavy atom. The smallest absolute Gasteiger partial charge is 0.239 e. The van der Waals surface area contributed by atoms with Gasteiger partial charge in [0, 0.05) is 13.1 Å². The van der Waals surface area contributed by atoms with Crippen molar-refractivity contribution >= 4 is 17.5 Å². The summed E-state index contributed by atoms with van der Waals surface area (Å²) < 4.78 is 32.3. The number of hydrogen-bond acceptors (Lipinski definition) is 3. The van der Waals surface area contributed by atoms with E-state index in [1.165, 1.54) is 24.8 Å². The van der Waals surface area contributed by atoms with Crippen molar-refractivity contribution in [2.75, 3.05) is 31.6 Å². The van der Waals surface area contributed by atoms with Gasteiger partial charge in [0.25, 0.3) is 0 Å². The summed E-state index contributed by atoms with van der Waals surface area (Å²) in [4.78, 5) is 26.3. The van der Waals surface area contributed by atoms with Gasteiger partial charge in [0.2, 0.25) is 11.8 Å². The van der Waals surface area contributed by atoms with Gasteiger partial charge in [-0.15, -0.1) is 0 Å². The van der Waals surface area contributed by atoms with Crippen LogP contribution in [-0.2, 0) is 14.3 Å². The van der Waals surface area contributed by atoms with Gasteiger partial charge >= 0.3 is 0 Å². The summed E-state index contributed by atoms with van der Waals surface area (Å²) >= 11 is 0. The highest BCUT2D eigenvalue weighted by Crippen LogP contribution is 2.25. The molecule has 0 unspecified atom stereocenters. The second-order valence-corrected chi connectivity index (χ2v) is 5.58. The van der Waals surface area contributed by atoms with E-state index in [4.69, 9.17) is 4.74 Å². The average Bonchev–Trinajstić information content (AvgIpc) is 2.51. The van der Waals surface area contributed by atoms with E-state index in [0.717, 1.165) is 12.1 Å². The minimum atomic E-state index is -1.44. The van der Waals surface area contributed by atoms with Crippen LogP contribution >= 0.6 is 0 Å². The lowest BCUT2D eigenvalue weighted by Gasteiger charge is -2.33. The lowest BCUT2D eigenvalue weighted by atomic mass is 9.90. The first-order valence-corrected chi connectivity index (χ1v) is 6.96. The van der Waals surface area contributed by atoms with Crippen LogP contribution in [0.2, 0.25) is 0 Å². The van der Waals surface area contributed by atoms with Crippen molar-refractivity contribution in [2.24, 2.45) is 5.41 Å². The standard InChI is InChI=1S/C15H18F2N2O3/c1-15(2,14(21)19-6-8-22-9-7-19)13(20)18-12-10(16)4-3-5-11(12)17/h3-5H,6-9H2,1-2H3,(H,18,20). The molecule has 1 N–H and O–H groups in total. The number of rotatable bonds is 3. The second kappa shape index (κ2) is 6.39. The fraction of sp³-hybridized carbons (Fsp3) is 0.467. The van der Waals surface area contributed by atoms with Crippen LogP contribution in [0.15, 0.2) is 18.2 Å². The van der Waals surface area contributed by atoms with E-state index in [-0.39, 0.29) is 0 Å². The third-order valence-corrected chi connectivity index (χ3v) is 3.60. The number of benzene rings is 1. The summed E-state index contributed by atoms with van der Waals surface area (Å²) in [6, 6.07) is 3.27. The second-order valence-electron chi connectivity index (χ2n) is 5.58. The number of nitrogens with one attached hydrogen (secondary N) is 1. The van der Waals surface area contributed by atoms with E-state index in [9.17, 15) is 18.4 Å². The van der Waals surface area contributed by atoms with Crippen LogP contribution in [0.1, 0.15) is 13.8 Å². The van der Waals surface area contributed by atoms with E-state index >= 15 is 0 Å². The van der Waals surface area contributed by atoms with E-state index in [1.54, 1.807) is 0 Å². The van der Waals surface area contributed by atoms with Crippen LogP contribution < -0.4 is 5.32 Å². The Balaban J connectivity index is 2.14. The first-order chi connectivity index (χ1) is 10.3. The van der Waals surface area contributed by atoms with Crippen LogP contribution in [0.5, 0.6) is 0 Å². The molecule has 1 aromatic carbocycles. The molecule has 0 atom stereocenters. The number of anilines is 1. The third kappa shape index (κ3) is 3.24. The summed E-state index contributed by atoms with van der Waals surface area (Å²) in [5.74, 6) is -2.93. The minimum absolute atomic E-state index is 0.392. The van der Waals surface area contributed by atoms with Gasteiger partial charge in [-0.1, -0.05) is 6.07 Å². The van der Waals surface area contributed by atoms with Gasteiger partial charge in [-0.3, -0.25) is 9.59 Å². The summed E-state index contributed by atoms with van der Waals surface area (Å²) in [6.07, 6.45) is 0. The molecule has 1 saturated heterocycles. The quantitative estimate of drug-likeness (QED) is 0.866. The zero-order chi connectivity index (χ0) is 16.3. The molecule has 0 aromatic heterocycles. The SMILES string of the molecule is CC(C)(C(=O)Nc1c(F)cccc1F)C(=O)N1CCOCC1. The van der Waals surface area contributed by atoms with Crippen molar-refractivity contribution in [1.29, 1.82) is 0 Å². The van der Waals surface area contributed by atoms with Crippen LogP contribution in [0.4, 0.5) is 14.5 Å². The predicted octanol–water partition coefficient (Wildman–Crippen LogP) is 1.79. The molecular formula is C15H18F2N2O3. The van der Waals surface area contributed by atoms with Gasteiger partial charge in [-0.2, -0.15) is 0 Å². The Morgan fingerprint density at radius 3 is 2.27 bits per heavy atom. The van der Waals surface area contributed by atoms with E-state index in [2.05, 4.69) is 5.32 Å². The normalized spacial score (nSPS) is 15.5. The fourth-order valence-electron chi connectivity index (χ4n) is 2.15. The molecule has 1 aromatic rings. The van der Waals surface area contributed by atoms with Crippen LogP contribution in [0, 0.1) is 17.0 Å². The minimum Gasteiger partial charge on any atom is -0.378 e. The molecule has 0 saturated carbocycles. The van der Waals surface area contributed by atoms with E-state index in [0.29, 0.717) is 26.3 Å². The van der Waals surface area contributed by atoms with Gasteiger partial charge in [0.05, 0.1) is 13.2 Å². The monoisotopic (exact) mass is 312 g/mol. The zero-order valence-corrected chi connectivity index (χ0v) is 12.5. The van der Waals surface area contributed by atoms with Crippen molar-refractivity contribution in [1.82, 2.24) is 4.90 Å². The van der Waals surface area contributed by atoms with Crippen LogP contribution in [0.3, 0.4) is 0 Å². The van der Waals surface area contributed by atoms with Crippen molar-refractivity contribution in [3.05, 3.63) is 29.8 Å². The lowest BCUT2D eigenvalue weighted by molar-refractivity contribution is -0.149. The maximum absolute atomic E-state index is 13.6. The average molecular weight is 312 g/mol. The zero-order valence-electron chi connectivity index (χ0n) is 12.5. The lowest BCUT2D eigenvalue weighted by Crippen LogP contribution is -2.51. The Morgan fingerprint density at radius 2 is 1.73 bits per heavy atom. The molecule has 2 amide bonds. The predicted molar refractivity (Wildman–Crippen MR) is 76.2 cm³/mol. The topological polar surface area (TPSA) is 58.6 Å². The number of para-hydroxylation sites is 1. The fourth-order valence-corrected chi connectivity index (χ4v) is 2.15. The van der Waals surface area contributed by atoms with Gasteiger partial charge in [0.15, 0.2) is 0 Å². The highest BCUT2D eigenvalue weighted by atomic mass is 19.1. The maximum Gasteiger partial charge on any atom is 0.239 e. The number of carbonyl (C=O) groups is 2. The Hall–Kier alpha value is -2.02. The number of ether oxygens (including phenoxy) is 1. The van der Waals surface area contributed by atoms with Gasteiger partial charge in [0.1, 0.15) is 22.7 Å². The molecule has 2 rings (SSSR count). The van der Waals surface area contributed by atoms with E-state index < -0.39 is 34.6 Å². The molecular weight excluding hydrogens is 294 g/mol. The molecule has 1 heterocycles. The highest BCUT2D eigenvalue weighted by Gasteiger charge is 2.40. The molecule has 1 aliphatic rings. The molecule has 120 valence electrons. The Labute approximate surface area is 127 Å². The summed E-state index contributed by atoms with van der Waals surface area (Å²) in [5.41, 5.74) is -1.98. The number of halogens is 2. The molecule has 7 heteroatoms. The van der Waals surface area contributed by atoms with E-state index in [1.807, 2.05) is 0 Å². The summed E-state index contributed by atoms with van der Waals surface area (Å²) in [6.45, 7) is 4.46. The summed E-state index contributed by atoms with van der Waals surface area (Å²) in [7, 11) is 0. The molecule has 0 aliphatic carbocycles. The Bertz CT molecular complexity index is 564. The first-order valence-electron chi connectivity index (χ1n) is 6.96. The van der Waals surface area contributed by atoms with Crippen LogP contribution in [0.25, 0.3) is 0 Å². The largest absolute Gasteiger partial charge is 0.378 e. The Kier molecular flexibility index (Phi) is 4.75. The van der Waals surface area contributed by atoms with Crippen molar-refractivity contribution < 1.29 is 23.1 Å². The summed E-state index contributed by atoms with van der Waals surface area (Å²) in [5, 5.41) is 2.17. The molecule has 0 radical (unpaired) electrons. The van der Waals surface area contributed by atoms with Crippen LogP contribution in [-0.4, -0.2) is 43.0 Å². The van der Waals surface area contributed by atoms with Crippen molar-refractivity contribution in [2.45, 2.75) is 13.8 Å². The number of hydrogen-bond donors (Lipinski definition) is 1. The number of morpholine rings is 1. The molecule has 0 bridgehead atoms. The van der Waals surface area contributed by atoms with Gasteiger partial charge in [-0.05, 0) is 26.0 Å². The molecule has 5 nitrogen and oxygen atoms in total. The molecule has 22 heavy (non-hydrogen) atoms. The van der Waals surface area contributed by atoms with Crippen molar-refractivity contribution in [3.63, 3.8) is 0 Å². The van der Waals surface area contributed by atoms with Gasteiger partial charge < -0.3 is 15.0 Å². The van der Waals surface area contributed by atoms with Gasteiger partial charge in [-0.25, -0.2) is 8.78 Å².